The van der Waals surface area contributed by atoms with Crippen LogP contribution in [0.2, 0.25) is 5.02 Å². The molecule has 0 unspecified atom stereocenters. The Labute approximate surface area is 166 Å². The molecule has 0 radical (unpaired) electrons. The maximum atomic E-state index is 12.4. The minimum Gasteiger partial charge on any atom is -0.298 e. The van der Waals surface area contributed by atoms with Crippen LogP contribution in [0.15, 0.2) is 23.6 Å². The fourth-order valence-corrected chi connectivity index (χ4v) is 4.51. The molecule has 1 N–H and O–H groups in total. The number of hydrogen-bond acceptors (Lipinski definition) is 6. The summed E-state index contributed by atoms with van der Waals surface area (Å²) in [7, 11) is 0. The lowest BCUT2D eigenvalue weighted by Gasteiger charge is -2.34. The number of piperidine rings is 1. The zero-order valence-corrected chi connectivity index (χ0v) is 16.7. The van der Waals surface area contributed by atoms with Gasteiger partial charge in [-0.3, -0.25) is 25.1 Å². The average Bonchev–Trinajstić information content (AvgIpc) is 3.00. The van der Waals surface area contributed by atoms with Gasteiger partial charge in [0.05, 0.1) is 21.2 Å². The van der Waals surface area contributed by atoms with E-state index in [1.807, 2.05) is 5.38 Å². The zero-order valence-electron chi connectivity index (χ0n) is 15.1. The number of anilines is 1. The van der Waals surface area contributed by atoms with Crippen molar-refractivity contribution in [2.45, 2.75) is 26.8 Å². The van der Waals surface area contributed by atoms with Crippen LogP contribution in [0.1, 0.15) is 36.3 Å². The normalized spacial score (nSPS) is 20.4. The highest BCUT2D eigenvalue weighted by atomic mass is 35.5. The molecule has 0 aliphatic carbocycles. The van der Waals surface area contributed by atoms with Gasteiger partial charge in [0.2, 0.25) is 0 Å². The number of nitrogens with one attached hydrogen (secondary N) is 1. The van der Waals surface area contributed by atoms with Crippen LogP contribution in [0.4, 0.5) is 10.8 Å². The van der Waals surface area contributed by atoms with Gasteiger partial charge in [0.25, 0.3) is 11.6 Å². The maximum Gasteiger partial charge on any atom is 0.270 e. The Morgan fingerprint density at radius 1 is 1.41 bits per heavy atom. The van der Waals surface area contributed by atoms with Crippen molar-refractivity contribution in [1.82, 2.24) is 9.88 Å². The van der Waals surface area contributed by atoms with Gasteiger partial charge in [0.1, 0.15) is 0 Å². The Morgan fingerprint density at radius 3 is 2.74 bits per heavy atom. The van der Waals surface area contributed by atoms with Crippen molar-refractivity contribution in [1.29, 1.82) is 0 Å². The lowest BCUT2D eigenvalue weighted by atomic mass is 9.92. The molecule has 1 aliphatic rings. The van der Waals surface area contributed by atoms with Gasteiger partial charge in [0.15, 0.2) is 5.13 Å². The van der Waals surface area contributed by atoms with Gasteiger partial charge in [-0.15, -0.1) is 11.3 Å². The molecule has 144 valence electrons. The number of non-ortho nitro benzene ring substituents is 1. The molecular weight excluding hydrogens is 388 g/mol. The van der Waals surface area contributed by atoms with Gasteiger partial charge < -0.3 is 0 Å². The predicted octanol–water partition coefficient (Wildman–Crippen LogP) is 4.43. The first-order valence-corrected chi connectivity index (χ1v) is 9.99. The van der Waals surface area contributed by atoms with Crippen molar-refractivity contribution in [3.8, 4) is 0 Å². The van der Waals surface area contributed by atoms with E-state index < -0.39 is 10.8 Å². The van der Waals surface area contributed by atoms with Gasteiger partial charge in [-0.2, -0.15) is 0 Å². The van der Waals surface area contributed by atoms with Crippen molar-refractivity contribution in [2.24, 2.45) is 11.8 Å². The highest BCUT2D eigenvalue weighted by molar-refractivity contribution is 7.14. The number of halogens is 1. The first kappa shape index (κ1) is 19.7. The van der Waals surface area contributed by atoms with Crippen molar-refractivity contribution in [3.63, 3.8) is 0 Å². The van der Waals surface area contributed by atoms with E-state index in [1.54, 1.807) is 0 Å². The van der Waals surface area contributed by atoms with E-state index in [9.17, 15) is 14.9 Å². The summed E-state index contributed by atoms with van der Waals surface area (Å²) in [6.45, 7) is 7.41. The molecule has 1 amide bonds. The molecular formula is C18H21ClN4O3S. The summed E-state index contributed by atoms with van der Waals surface area (Å²) in [5, 5.41) is 16.0. The molecule has 1 fully saturated rings. The van der Waals surface area contributed by atoms with E-state index in [0.717, 1.165) is 25.3 Å². The summed E-state index contributed by atoms with van der Waals surface area (Å²) >= 11 is 7.36. The van der Waals surface area contributed by atoms with Crippen LogP contribution in [-0.2, 0) is 6.54 Å². The maximum absolute atomic E-state index is 12.4. The van der Waals surface area contributed by atoms with Crippen molar-refractivity contribution < 1.29 is 9.72 Å². The third-order valence-corrected chi connectivity index (χ3v) is 5.63. The molecule has 1 aliphatic heterocycles. The second-order valence-corrected chi connectivity index (χ2v) is 8.42. The first-order valence-electron chi connectivity index (χ1n) is 8.74. The molecule has 1 aromatic carbocycles. The van der Waals surface area contributed by atoms with Crippen LogP contribution in [0.3, 0.4) is 0 Å². The van der Waals surface area contributed by atoms with Crippen LogP contribution in [-0.4, -0.2) is 33.8 Å². The quantitative estimate of drug-likeness (QED) is 0.583. The van der Waals surface area contributed by atoms with E-state index in [-0.39, 0.29) is 16.3 Å². The molecule has 7 nitrogen and oxygen atoms in total. The number of nitro benzene ring substituents is 1. The Hall–Kier alpha value is -2.03. The van der Waals surface area contributed by atoms with Crippen molar-refractivity contribution in [3.05, 3.63) is 50.0 Å². The van der Waals surface area contributed by atoms with Gasteiger partial charge in [-0.1, -0.05) is 25.4 Å². The lowest BCUT2D eigenvalue weighted by Crippen LogP contribution is -2.38. The Bertz CT molecular complexity index is 847. The van der Waals surface area contributed by atoms with Gasteiger partial charge in [-0.05, 0) is 24.3 Å². The van der Waals surface area contributed by atoms with E-state index in [0.29, 0.717) is 17.0 Å². The number of rotatable bonds is 5. The molecule has 1 aromatic heterocycles. The first-order chi connectivity index (χ1) is 12.8. The summed E-state index contributed by atoms with van der Waals surface area (Å²) < 4.78 is 0. The Morgan fingerprint density at radius 2 is 2.11 bits per heavy atom. The van der Waals surface area contributed by atoms with Gasteiger partial charge >= 0.3 is 0 Å². The average molecular weight is 409 g/mol. The van der Waals surface area contributed by atoms with Gasteiger partial charge in [-0.25, -0.2) is 4.98 Å². The number of thiazole rings is 1. The van der Waals surface area contributed by atoms with E-state index in [2.05, 4.69) is 29.0 Å². The van der Waals surface area contributed by atoms with Crippen LogP contribution in [0.25, 0.3) is 0 Å². The van der Waals surface area contributed by atoms with Crippen molar-refractivity contribution >= 4 is 39.7 Å². The number of carbonyl (C=O) groups is 1. The summed E-state index contributed by atoms with van der Waals surface area (Å²) in [6, 6.07) is 3.77. The molecule has 1 saturated heterocycles. The monoisotopic (exact) mass is 408 g/mol. The molecule has 2 heterocycles. The highest BCUT2D eigenvalue weighted by Crippen LogP contribution is 2.26. The smallest absolute Gasteiger partial charge is 0.270 e. The summed E-state index contributed by atoms with van der Waals surface area (Å²) in [5.41, 5.74) is 0.946. The minimum atomic E-state index is -0.553. The number of nitro groups is 1. The van der Waals surface area contributed by atoms with E-state index in [1.165, 1.54) is 36.0 Å². The number of aromatic nitrogens is 1. The predicted molar refractivity (Wildman–Crippen MR) is 106 cm³/mol. The molecule has 0 spiro atoms. The van der Waals surface area contributed by atoms with Crippen LogP contribution < -0.4 is 5.32 Å². The SMILES string of the molecule is C[C@@H]1C[C@H](C)CN(Cc2csc(NC(=O)c3ccc([N+](=O)[O-])cc3Cl)n2)C1. The molecule has 0 bridgehead atoms. The van der Waals surface area contributed by atoms with Crippen molar-refractivity contribution in [2.75, 3.05) is 18.4 Å². The summed E-state index contributed by atoms with van der Waals surface area (Å²) in [4.78, 5) is 29.5. The standard InChI is InChI=1S/C18H21ClN4O3S/c1-11-5-12(2)8-22(7-11)9-13-10-27-18(20-13)21-17(24)15-4-3-14(23(25)26)6-16(15)19/h3-4,6,10-12H,5,7-9H2,1-2H3,(H,20,21,24)/t11-,12+. The molecule has 9 heteroatoms. The molecule has 2 aromatic rings. The Kier molecular flexibility index (Phi) is 6.08. The fraction of sp³-hybridized carbons (Fsp3) is 0.444. The number of benzene rings is 1. The number of hydrogen-bond donors (Lipinski definition) is 1. The molecule has 3 rings (SSSR count). The topological polar surface area (TPSA) is 88.4 Å². The second kappa shape index (κ2) is 8.33. The fourth-order valence-electron chi connectivity index (χ4n) is 3.55. The van der Waals surface area contributed by atoms with Crippen LogP contribution >= 0.6 is 22.9 Å². The van der Waals surface area contributed by atoms with Crippen LogP contribution in [0.5, 0.6) is 0 Å². The lowest BCUT2D eigenvalue weighted by molar-refractivity contribution is -0.384. The third-order valence-electron chi connectivity index (χ3n) is 4.51. The largest absolute Gasteiger partial charge is 0.298 e. The van der Waals surface area contributed by atoms with Crippen LogP contribution in [0, 0.1) is 22.0 Å². The number of likely N-dealkylation sites (tertiary alicyclic amines) is 1. The summed E-state index contributed by atoms with van der Waals surface area (Å²) in [6.07, 6.45) is 1.25. The third kappa shape index (κ3) is 5.03. The Balaban J connectivity index is 1.63. The molecule has 27 heavy (non-hydrogen) atoms. The minimum absolute atomic E-state index is 0.0368. The zero-order chi connectivity index (χ0) is 19.6. The highest BCUT2D eigenvalue weighted by Gasteiger charge is 2.22. The van der Waals surface area contributed by atoms with E-state index in [4.69, 9.17) is 11.6 Å². The number of amides is 1. The number of carbonyl (C=O) groups excluding carboxylic acids is 1. The number of nitrogens with zero attached hydrogens (tertiary/aromatic N) is 3. The molecule has 0 saturated carbocycles. The van der Waals surface area contributed by atoms with Gasteiger partial charge in [0, 0.05) is 37.1 Å². The summed E-state index contributed by atoms with van der Waals surface area (Å²) in [5.74, 6) is 0.919. The molecule has 2 atom stereocenters. The second-order valence-electron chi connectivity index (χ2n) is 7.16. The van der Waals surface area contributed by atoms with E-state index >= 15 is 0 Å².